The average molecular weight is 269 g/mol. The lowest BCUT2D eigenvalue weighted by molar-refractivity contribution is 0.0770. The second-order valence-corrected chi connectivity index (χ2v) is 4.99. The van der Waals surface area contributed by atoms with Gasteiger partial charge in [0.05, 0.1) is 13.2 Å². The molecule has 3 nitrogen and oxygen atoms in total. The van der Waals surface area contributed by atoms with Crippen molar-refractivity contribution in [3.63, 3.8) is 0 Å². The van der Waals surface area contributed by atoms with Crippen molar-refractivity contribution in [2.24, 2.45) is 0 Å². The van der Waals surface area contributed by atoms with E-state index in [2.05, 4.69) is 17.4 Å². The van der Waals surface area contributed by atoms with Crippen molar-refractivity contribution in [1.29, 1.82) is 0 Å². The molecule has 20 heavy (non-hydrogen) atoms. The van der Waals surface area contributed by atoms with Crippen LogP contribution in [0.2, 0.25) is 0 Å². The van der Waals surface area contributed by atoms with Crippen LogP contribution in [0.15, 0.2) is 54.6 Å². The van der Waals surface area contributed by atoms with E-state index >= 15 is 0 Å². The molecule has 0 radical (unpaired) electrons. The van der Waals surface area contributed by atoms with Crippen LogP contribution in [0.1, 0.15) is 5.56 Å². The minimum absolute atomic E-state index is 0.421. The lowest BCUT2D eigenvalue weighted by Gasteiger charge is -2.23. The van der Waals surface area contributed by atoms with Crippen LogP contribution in [-0.2, 0) is 11.2 Å². The molecular formula is C17H19NO2. The summed E-state index contributed by atoms with van der Waals surface area (Å²) in [5, 5.41) is 3.47. The van der Waals surface area contributed by atoms with Crippen LogP contribution in [0.25, 0.3) is 0 Å². The molecule has 0 saturated carbocycles. The summed E-state index contributed by atoms with van der Waals surface area (Å²) < 4.78 is 11.3. The number of morpholine rings is 1. The van der Waals surface area contributed by atoms with E-state index in [0.717, 1.165) is 37.7 Å². The van der Waals surface area contributed by atoms with Gasteiger partial charge in [0.1, 0.15) is 11.5 Å². The lowest BCUT2D eigenvalue weighted by Crippen LogP contribution is -2.42. The van der Waals surface area contributed by atoms with Crippen LogP contribution in [-0.4, -0.2) is 25.8 Å². The van der Waals surface area contributed by atoms with Crippen LogP contribution in [0.4, 0.5) is 0 Å². The third-order valence-corrected chi connectivity index (χ3v) is 3.38. The zero-order valence-electron chi connectivity index (χ0n) is 11.4. The van der Waals surface area contributed by atoms with Crippen LogP contribution in [0, 0.1) is 0 Å². The maximum Gasteiger partial charge on any atom is 0.127 e. The van der Waals surface area contributed by atoms with Gasteiger partial charge in [-0.05, 0) is 36.2 Å². The highest BCUT2D eigenvalue weighted by molar-refractivity contribution is 5.33. The van der Waals surface area contributed by atoms with E-state index in [1.54, 1.807) is 0 Å². The second kappa shape index (κ2) is 6.55. The van der Waals surface area contributed by atoms with Gasteiger partial charge >= 0.3 is 0 Å². The number of nitrogens with one attached hydrogen (secondary N) is 1. The molecule has 1 heterocycles. The summed E-state index contributed by atoms with van der Waals surface area (Å²) in [6.07, 6.45) is 0.992. The van der Waals surface area contributed by atoms with E-state index in [9.17, 15) is 0 Å². The molecule has 1 fully saturated rings. The van der Waals surface area contributed by atoms with Crippen molar-refractivity contribution >= 4 is 0 Å². The maximum atomic E-state index is 5.78. The number of rotatable bonds is 4. The Labute approximate surface area is 119 Å². The molecule has 1 atom stereocenters. The largest absolute Gasteiger partial charge is 0.457 e. The highest BCUT2D eigenvalue weighted by Gasteiger charge is 2.13. The zero-order valence-corrected chi connectivity index (χ0v) is 11.4. The standard InChI is InChI=1S/C17H19NO2/c1-2-4-16(5-3-1)20-17-8-6-14(7-9-17)12-15-13-19-11-10-18-15/h1-9,15,18H,10-13H2. The Balaban J connectivity index is 1.59. The molecule has 0 spiro atoms. The van der Waals surface area contributed by atoms with E-state index in [0.29, 0.717) is 6.04 Å². The summed E-state index contributed by atoms with van der Waals surface area (Å²) in [5.41, 5.74) is 1.30. The fourth-order valence-corrected chi connectivity index (χ4v) is 2.35. The van der Waals surface area contributed by atoms with E-state index < -0.39 is 0 Å². The molecule has 1 N–H and O–H groups in total. The Bertz CT molecular complexity index is 518. The number of benzene rings is 2. The van der Waals surface area contributed by atoms with Gasteiger partial charge in [-0.25, -0.2) is 0 Å². The van der Waals surface area contributed by atoms with E-state index in [1.807, 2.05) is 42.5 Å². The van der Waals surface area contributed by atoms with Crippen molar-refractivity contribution in [3.05, 3.63) is 60.2 Å². The highest BCUT2D eigenvalue weighted by Crippen LogP contribution is 2.21. The number of ether oxygens (including phenoxy) is 2. The van der Waals surface area contributed by atoms with Crippen molar-refractivity contribution < 1.29 is 9.47 Å². The van der Waals surface area contributed by atoms with Gasteiger partial charge in [0.15, 0.2) is 0 Å². The topological polar surface area (TPSA) is 30.5 Å². The Morgan fingerprint density at radius 1 is 1.00 bits per heavy atom. The van der Waals surface area contributed by atoms with Crippen LogP contribution >= 0.6 is 0 Å². The van der Waals surface area contributed by atoms with Crippen molar-refractivity contribution in [2.45, 2.75) is 12.5 Å². The van der Waals surface area contributed by atoms with Gasteiger partial charge in [-0.2, -0.15) is 0 Å². The average Bonchev–Trinajstić information content (AvgIpc) is 2.51. The van der Waals surface area contributed by atoms with Gasteiger partial charge in [-0.15, -0.1) is 0 Å². The summed E-state index contributed by atoms with van der Waals surface area (Å²) in [6.45, 7) is 2.56. The molecule has 1 saturated heterocycles. The molecule has 1 aliphatic heterocycles. The Morgan fingerprint density at radius 2 is 1.75 bits per heavy atom. The number of para-hydroxylation sites is 1. The van der Waals surface area contributed by atoms with E-state index in [4.69, 9.17) is 9.47 Å². The first kappa shape index (κ1) is 13.2. The van der Waals surface area contributed by atoms with Gasteiger partial charge in [0.25, 0.3) is 0 Å². The minimum atomic E-state index is 0.421. The van der Waals surface area contributed by atoms with Gasteiger partial charge in [0.2, 0.25) is 0 Å². The predicted molar refractivity (Wildman–Crippen MR) is 79.3 cm³/mol. The Hall–Kier alpha value is -1.84. The van der Waals surface area contributed by atoms with E-state index in [-0.39, 0.29) is 0 Å². The number of hydrogen-bond donors (Lipinski definition) is 1. The maximum absolute atomic E-state index is 5.78. The van der Waals surface area contributed by atoms with Crippen LogP contribution in [0.3, 0.4) is 0 Å². The zero-order chi connectivity index (χ0) is 13.6. The second-order valence-electron chi connectivity index (χ2n) is 4.99. The van der Waals surface area contributed by atoms with Crippen molar-refractivity contribution in [3.8, 4) is 11.5 Å². The van der Waals surface area contributed by atoms with Crippen LogP contribution in [0.5, 0.6) is 11.5 Å². The molecule has 2 aromatic carbocycles. The number of hydrogen-bond acceptors (Lipinski definition) is 3. The first-order valence-electron chi connectivity index (χ1n) is 7.03. The van der Waals surface area contributed by atoms with Crippen molar-refractivity contribution in [2.75, 3.05) is 19.8 Å². The van der Waals surface area contributed by atoms with Gasteiger partial charge < -0.3 is 14.8 Å². The molecule has 0 aliphatic carbocycles. The predicted octanol–water partition coefficient (Wildman–Crippen LogP) is 3.01. The molecule has 0 amide bonds. The molecule has 1 aliphatic rings. The molecule has 0 aromatic heterocycles. The Morgan fingerprint density at radius 3 is 2.45 bits per heavy atom. The van der Waals surface area contributed by atoms with Crippen LogP contribution < -0.4 is 10.1 Å². The molecule has 0 bridgehead atoms. The van der Waals surface area contributed by atoms with Gasteiger partial charge in [-0.1, -0.05) is 30.3 Å². The monoisotopic (exact) mass is 269 g/mol. The highest BCUT2D eigenvalue weighted by atomic mass is 16.5. The molecule has 1 unspecified atom stereocenters. The molecular weight excluding hydrogens is 250 g/mol. The summed E-state index contributed by atoms with van der Waals surface area (Å²) in [7, 11) is 0. The van der Waals surface area contributed by atoms with Gasteiger partial charge in [-0.3, -0.25) is 0 Å². The first-order valence-corrected chi connectivity index (χ1v) is 7.03. The smallest absolute Gasteiger partial charge is 0.127 e. The lowest BCUT2D eigenvalue weighted by atomic mass is 10.1. The summed E-state index contributed by atoms with van der Waals surface area (Å²) >= 11 is 0. The SMILES string of the molecule is c1ccc(Oc2ccc(CC3COCCN3)cc2)cc1. The molecule has 2 aromatic rings. The normalized spacial score (nSPS) is 18.7. The summed E-state index contributed by atoms with van der Waals surface area (Å²) in [4.78, 5) is 0. The quantitative estimate of drug-likeness (QED) is 0.925. The minimum Gasteiger partial charge on any atom is -0.457 e. The Kier molecular flexibility index (Phi) is 4.31. The molecule has 104 valence electrons. The first-order chi connectivity index (χ1) is 9.90. The third kappa shape index (κ3) is 3.59. The molecule has 3 rings (SSSR count). The van der Waals surface area contributed by atoms with Crippen molar-refractivity contribution in [1.82, 2.24) is 5.32 Å². The fourth-order valence-electron chi connectivity index (χ4n) is 2.35. The summed E-state index contributed by atoms with van der Waals surface area (Å²) in [6, 6.07) is 18.5. The van der Waals surface area contributed by atoms with E-state index in [1.165, 1.54) is 5.56 Å². The summed E-state index contributed by atoms with van der Waals surface area (Å²) in [5.74, 6) is 1.73. The third-order valence-electron chi connectivity index (χ3n) is 3.38. The fraction of sp³-hybridized carbons (Fsp3) is 0.294. The van der Waals surface area contributed by atoms with Gasteiger partial charge in [0, 0.05) is 12.6 Å². The molecule has 3 heteroatoms.